The SMILES string of the molecule is CCc1cccc(CC)c1NC(=O)NC1CCN(C(=O)C2CC2)CC1. The maximum Gasteiger partial charge on any atom is 0.319 e. The first-order chi connectivity index (χ1) is 12.1. The molecule has 0 aromatic heterocycles. The zero-order chi connectivity index (χ0) is 17.8. The van der Waals surface area contributed by atoms with E-state index >= 15 is 0 Å². The summed E-state index contributed by atoms with van der Waals surface area (Å²) in [5.74, 6) is 0.596. The van der Waals surface area contributed by atoms with Crippen LogP contribution in [0.4, 0.5) is 10.5 Å². The third-order valence-corrected chi connectivity index (χ3v) is 5.31. The number of likely N-dealkylation sites (tertiary alicyclic amines) is 1. The van der Waals surface area contributed by atoms with Gasteiger partial charge in [-0.2, -0.15) is 0 Å². The van der Waals surface area contributed by atoms with E-state index in [4.69, 9.17) is 0 Å². The molecule has 0 bridgehead atoms. The molecular weight excluding hydrogens is 314 g/mol. The van der Waals surface area contributed by atoms with Crippen molar-refractivity contribution >= 4 is 17.6 Å². The van der Waals surface area contributed by atoms with Crippen molar-refractivity contribution in [3.63, 3.8) is 0 Å². The summed E-state index contributed by atoms with van der Waals surface area (Å²) < 4.78 is 0. The molecule has 0 unspecified atom stereocenters. The van der Waals surface area contributed by atoms with Gasteiger partial charge in [0.05, 0.1) is 0 Å². The second kappa shape index (κ2) is 7.89. The van der Waals surface area contributed by atoms with Crippen LogP contribution in [0.3, 0.4) is 0 Å². The first kappa shape index (κ1) is 17.8. The van der Waals surface area contributed by atoms with Gasteiger partial charge < -0.3 is 15.5 Å². The monoisotopic (exact) mass is 343 g/mol. The molecule has 1 aliphatic heterocycles. The third-order valence-electron chi connectivity index (χ3n) is 5.31. The van der Waals surface area contributed by atoms with Crippen molar-refractivity contribution in [2.75, 3.05) is 18.4 Å². The summed E-state index contributed by atoms with van der Waals surface area (Å²) in [5.41, 5.74) is 3.28. The standard InChI is InChI=1S/C20H29N3O2/c1-3-14-6-5-7-15(4-2)18(14)22-20(25)21-17-10-12-23(13-11-17)19(24)16-8-9-16/h5-7,16-17H,3-4,8-13H2,1-2H3,(H2,21,22,25). The minimum Gasteiger partial charge on any atom is -0.342 e. The Morgan fingerprint density at radius 1 is 1.04 bits per heavy atom. The predicted molar refractivity (Wildman–Crippen MR) is 99.7 cm³/mol. The number of hydrogen-bond donors (Lipinski definition) is 2. The van der Waals surface area contributed by atoms with Gasteiger partial charge in [-0.3, -0.25) is 4.79 Å². The number of piperidine rings is 1. The second-order valence-electron chi connectivity index (χ2n) is 7.13. The fourth-order valence-corrected chi connectivity index (χ4v) is 3.57. The van der Waals surface area contributed by atoms with Gasteiger partial charge in [-0.1, -0.05) is 32.0 Å². The summed E-state index contributed by atoms with van der Waals surface area (Å²) in [4.78, 5) is 26.5. The van der Waals surface area contributed by atoms with Crippen LogP contribution < -0.4 is 10.6 Å². The van der Waals surface area contributed by atoms with Crippen molar-refractivity contribution in [3.05, 3.63) is 29.3 Å². The Morgan fingerprint density at radius 3 is 2.16 bits per heavy atom. The molecule has 2 N–H and O–H groups in total. The van der Waals surface area contributed by atoms with E-state index in [1.165, 1.54) is 11.1 Å². The highest BCUT2D eigenvalue weighted by atomic mass is 16.2. The molecule has 1 aliphatic carbocycles. The average molecular weight is 343 g/mol. The highest BCUT2D eigenvalue weighted by Crippen LogP contribution is 2.32. The Balaban J connectivity index is 1.53. The van der Waals surface area contributed by atoms with Crippen LogP contribution >= 0.6 is 0 Å². The lowest BCUT2D eigenvalue weighted by molar-refractivity contribution is -0.133. The van der Waals surface area contributed by atoms with E-state index in [2.05, 4.69) is 36.6 Å². The minimum atomic E-state index is -0.137. The Labute approximate surface area is 150 Å². The first-order valence-corrected chi connectivity index (χ1v) is 9.59. The van der Waals surface area contributed by atoms with Crippen molar-refractivity contribution in [3.8, 4) is 0 Å². The van der Waals surface area contributed by atoms with Crippen molar-refractivity contribution in [1.82, 2.24) is 10.2 Å². The average Bonchev–Trinajstić information content (AvgIpc) is 3.47. The molecule has 5 heteroatoms. The van der Waals surface area contributed by atoms with E-state index in [1.807, 2.05) is 11.0 Å². The van der Waals surface area contributed by atoms with Crippen LogP contribution in [-0.4, -0.2) is 36.0 Å². The zero-order valence-electron chi connectivity index (χ0n) is 15.3. The van der Waals surface area contributed by atoms with Crippen molar-refractivity contribution < 1.29 is 9.59 Å². The largest absolute Gasteiger partial charge is 0.342 e. The number of anilines is 1. The van der Waals surface area contributed by atoms with Crippen LogP contribution in [0, 0.1) is 5.92 Å². The molecule has 2 aliphatic rings. The Hall–Kier alpha value is -2.04. The molecule has 2 fully saturated rings. The fraction of sp³-hybridized carbons (Fsp3) is 0.600. The normalized spacial score (nSPS) is 18.1. The van der Waals surface area contributed by atoms with Gasteiger partial charge in [0.15, 0.2) is 0 Å². The topological polar surface area (TPSA) is 61.4 Å². The molecule has 1 aromatic carbocycles. The van der Waals surface area contributed by atoms with Gasteiger partial charge in [0.1, 0.15) is 0 Å². The first-order valence-electron chi connectivity index (χ1n) is 9.59. The summed E-state index contributed by atoms with van der Waals surface area (Å²) in [5, 5.41) is 6.15. The van der Waals surface area contributed by atoms with Crippen LogP contribution in [0.2, 0.25) is 0 Å². The summed E-state index contributed by atoms with van der Waals surface area (Å²) in [6.45, 7) is 5.72. The number of aryl methyl sites for hydroxylation is 2. The van der Waals surface area contributed by atoms with Gasteiger partial charge in [0, 0.05) is 30.7 Å². The molecule has 5 nitrogen and oxygen atoms in total. The molecule has 0 spiro atoms. The second-order valence-corrected chi connectivity index (χ2v) is 7.13. The van der Waals surface area contributed by atoms with Crippen LogP contribution in [0.15, 0.2) is 18.2 Å². The summed E-state index contributed by atoms with van der Waals surface area (Å²) in [7, 11) is 0. The Kier molecular flexibility index (Phi) is 5.61. The quantitative estimate of drug-likeness (QED) is 0.861. The molecule has 25 heavy (non-hydrogen) atoms. The number of rotatable bonds is 5. The maximum atomic E-state index is 12.4. The van der Waals surface area contributed by atoms with Gasteiger partial charge in [0.2, 0.25) is 5.91 Å². The molecule has 1 saturated carbocycles. The molecular formula is C20H29N3O2. The van der Waals surface area contributed by atoms with E-state index in [1.54, 1.807) is 0 Å². The van der Waals surface area contributed by atoms with E-state index in [0.29, 0.717) is 5.91 Å². The van der Waals surface area contributed by atoms with Gasteiger partial charge in [-0.25, -0.2) is 4.79 Å². The van der Waals surface area contributed by atoms with Gasteiger partial charge >= 0.3 is 6.03 Å². The number of nitrogens with one attached hydrogen (secondary N) is 2. The number of para-hydroxylation sites is 1. The number of urea groups is 1. The number of amides is 3. The smallest absolute Gasteiger partial charge is 0.319 e. The highest BCUT2D eigenvalue weighted by molar-refractivity contribution is 5.91. The molecule has 1 aromatic rings. The van der Waals surface area contributed by atoms with Crippen LogP contribution in [-0.2, 0) is 17.6 Å². The van der Waals surface area contributed by atoms with Gasteiger partial charge in [0.25, 0.3) is 0 Å². The van der Waals surface area contributed by atoms with E-state index in [0.717, 1.165) is 57.3 Å². The molecule has 3 amide bonds. The summed E-state index contributed by atoms with van der Waals surface area (Å²) >= 11 is 0. The summed E-state index contributed by atoms with van der Waals surface area (Å²) in [6, 6.07) is 6.19. The molecule has 136 valence electrons. The molecule has 3 rings (SSSR count). The van der Waals surface area contributed by atoms with Crippen LogP contribution in [0.1, 0.15) is 50.7 Å². The predicted octanol–water partition coefficient (Wildman–Crippen LogP) is 3.33. The van der Waals surface area contributed by atoms with Crippen molar-refractivity contribution in [2.45, 2.75) is 58.4 Å². The maximum absolute atomic E-state index is 12.4. The Morgan fingerprint density at radius 2 is 1.64 bits per heavy atom. The van der Waals surface area contributed by atoms with Gasteiger partial charge in [-0.15, -0.1) is 0 Å². The number of carbonyl (C=O) groups is 2. The summed E-state index contributed by atoms with van der Waals surface area (Å²) in [6.07, 6.45) is 5.56. The number of hydrogen-bond acceptors (Lipinski definition) is 2. The van der Waals surface area contributed by atoms with E-state index in [9.17, 15) is 9.59 Å². The molecule has 0 atom stereocenters. The lowest BCUT2D eigenvalue weighted by Crippen LogP contribution is -2.48. The van der Waals surface area contributed by atoms with E-state index < -0.39 is 0 Å². The fourth-order valence-electron chi connectivity index (χ4n) is 3.57. The Bertz CT molecular complexity index is 610. The number of benzene rings is 1. The molecule has 1 saturated heterocycles. The minimum absolute atomic E-state index is 0.137. The zero-order valence-corrected chi connectivity index (χ0v) is 15.3. The number of carbonyl (C=O) groups excluding carboxylic acids is 2. The van der Waals surface area contributed by atoms with Crippen molar-refractivity contribution in [1.29, 1.82) is 0 Å². The molecule has 0 radical (unpaired) electrons. The van der Waals surface area contributed by atoms with Crippen molar-refractivity contribution in [2.24, 2.45) is 5.92 Å². The highest BCUT2D eigenvalue weighted by Gasteiger charge is 2.35. The molecule has 1 heterocycles. The van der Waals surface area contributed by atoms with Crippen LogP contribution in [0.25, 0.3) is 0 Å². The van der Waals surface area contributed by atoms with Crippen LogP contribution in [0.5, 0.6) is 0 Å². The lowest BCUT2D eigenvalue weighted by atomic mass is 10.0. The lowest BCUT2D eigenvalue weighted by Gasteiger charge is -2.32. The number of nitrogens with zero attached hydrogens (tertiary/aromatic N) is 1. The van der Waals surface area contributed by atoms with E-state index in [-0.39, 0.29) is 18.0 Å². The van der Waals surface area contributed by atoms with Gasteiger partial charge in [-0.05, 0) is 49.7 Å². The third kappa shape index (κ3) is 4.33.